The Bertz CT molecular complexity index is 519. The van der Waals surface area contributed by atoms with Crippen molar-refractivity contribution in [2.75, 3.05) is 13.7 Å². The first kappa shape index (κ1) is 20.1. The highest BCUT2D eigenvalue weighted by Crippen LogP contribution is 2.13. The molecule has 0 aliphatic carbocycles. The topological polar surface area (TPSA) is 55.8 Å². The van der Waals surface area contributed by atoms with Gasteiger partial charge in [-0.1, -0.05) is 31.2 Å². The lowest BCUT2D eigenvalue weighted by atomic mass is 10.1. The largest absolute Gasteiger partial charge is 0.497 e. The van der Waals surface area contributed by atoms with E-state index in [0.29, 0.717) is 25.6 Å². The molecule has 1 aromatic rings. The Morgan fingerprint density at radius 3 is 2.62 bits per heavy atom. The van der Waals surface area contributed by atoms with E-state index in [9.17, 15) is 9.90 Å². The third-order valence-electron chi connectivity index (χ3n) is 3.55. The average molecular weight is 332 g/mol. The predicted octanol–water partition coefficient (Wildman–Crippen LogP) is 3.69. The van der Waals surface area contributed by atoms with Gasteiger partial charge in [0.1, 0.15) is 5.75 Å². The summed E-state index contributed by atoms with van der Waals surface area (Å²) in [5.74, 6) is 1.10. The molecule has 0 amide bonds. The van der Waals surface area contributed by atoms with Crippen LogP contribution < -0.4 is 4.74 Å². The average Bonchev–Trinajstić information content (AvgIpc) is 2.55. The number of aliphatic hydroxyl groups is 1. The number of ketones is 1. The van der Waals surface area contributed by atoms with Crippen molar-refractivity contribution in [2.45, 2.75) is 38.9 Å². The van der Waals surface area contributed by atoms with E-state index in [1.54, 1.807) is 19.3 Å². The summed E-state index contributed by atoms with van der Waals surface area (Å²) in [7, 11) is 1.64. The Morgan fingerprint density at radius 1 is 1.29 bits per heavy atom. The standard InChI is InChI=1S/C20H28O4/c1-4-6-18(21)13-19(22)8-5-7-16(2)14-24-15-17-9-11-20(23-3)12-10-17/h4-5,8-12,16,18,21H,1,6-7,13-15H2,2-3H3/b8-5+/t16-,18+/m1/s1. The van der Waals surface area contributed by atoms with Gasteiger partial charge in [-0.25, -0.2) is 0 Å². The molecule has 0 heterocycles. The molecule has 0 fully saturated rings. The Hall–Kier alpha value is -1.91. The number of hydrogen-bond acceptors (Lipinski definition) is 4. The normalized spacial score (nSPS) is 13.6. The second-order valence-electron chi connectivity index (χ2n) is 5.96. The first-order valence-corrected chi connectivity index (χ1v) is 8.24. The van der Waals surface area contributed by atoms with Gasteiger partial charge in [-0.2, -0.15) is 0 Å². The number of ether oxygens (including phenoxy) is 2. The van der Waals surface area contributed by atoms with Crippen molar-refractivity contribution >= 4 is 5.78 Å². The molecule has 0 aliphatic rings. The van der Waals surface area contributed by atoms with Crippen LogP contribution in [-0.2, 0) is 16.1 Å². The lowest BCUT2D eigenvalue weighted by Crippen LogP contribution is -2.10. The van der Waals surface area contributed by atoms with Crippen LogP contribution in [0, 0.1) is 5.92 Å². The highest BCUT2D eigenvalue weighted by atomic mass is 16.5. The smallest absolute Gasteiger partial charge is 0.157 e. The second kappa shape index (κ2) is 11.6. The molecule has 1 rings (SSSR count). The summed E-state index contributed by atoms with van der Waals surface area (Å²) >= 11 is 0. The van der Waals surface area contributed by atoms with E-state index in [1.165, 1.54) is 0 Å². The summed E-state index contributed by atoms with van der Waals surface area (Å²) in [4.78, 5) is 11.6. The maximum atomic E-state index is 11.6. The summed E-state index contributed by atoms with van der Waals surface area (Å²) in [6, 6.07) is 7.79. The molecule has 0 spiro atoms. The number of rotatable bonds is 12. The fourth-order valence-electron chi connectivity index (χ4n) is 2.18. The molecule has 2 atom stereocenters. The minimum atomic E-state index is -0.634. The van der Waals surface area contributed by atoms with Crippen LogP contribution in [0.2, 0.25) is 0 Å². The highest BCUT2D eigenvalue weighted by Gasteiger charge is 2.07. The fourth-order valence-corrected chi connectivity index (χ4v) is 2.18. The van der Waals surface area contributed by atoms with E-state index < -0.39 is 6.10 Å². The van der Waals surface area contributed by atoms with Crippen molar-refractivity contribution in [1.29, 1.82) is 0 Å². The van der Waals surface area contributed by atoms with Gasteiger partial charge in [0, 0.05) is 13.0 Å². The molecular formula is C20H28O4. The number of carbonyl (C=O) groups excluding carboxylic acids is 1. The van der Waals surface area contributed by atoms with Gasteiger partial charge in [-0.05, 0) is 42.5 Å². The van der Waals surface area contributed by atoms with Crippen molar-refractivity contribution in [3.8, 4) is 5.75 Å². The van der Waals surface area contributed by atoms with E-state index >= 15 is 0 Å². The number of methoxy groups -OCH3 is 1. The van der Waals surface area contributed by atoms with Crippen LogP contribution in [0.3, 0.4) is 0 Å². The number of hydrogen-bond donors (Lipinski definition) is 1. The van der Waals surface area contributed by atoms with E-state index in [-0.39, 0.29) is 12.2 Å². The summed E-state index contributed by atoms with van der Waals surface area (Å²) in [6.45, 7) is 6.81. The zero-order valence-electron chi connectivity index (χ0n) is 14.6. The Balaban J connectivity index is 2.20. The molecule has 0 aliphatic heterocycles. The monoisotopic (exact) mass is 332 g/mol. The first-order chi connectivity index (χ1) is 11.5. The van der Waals surface area contributed by atoms with Gasteiger partial charge >= 0.3 is 0 Å². The number of allylic oxidation sites excluding steroid dienone is 2. The second-order valence-corrected chi connectivity index (χ2v) is 5.96. The van der Waals surface area contributed by atoms with Gasteiger partial charge < -0.3 is 14.6 Å². The van der Waals surface area contributed by atoms with E-state index in [0.717, 1.165) is 17.7 Å². The summed E-state index contributed by atoms with van der Waals surface area (Å²) in [6.07, 6.45) is 5.73. The van der Waals surface area contributed by atoms with Crippen LogP contribution in [0.1, 0.15) is 31.7 Å². The lowest BCUT2D eigenvalue weighted by Gasteiger charge is -2.10. The zero-order valence-corrected chi connectivity index (χ0v) is 14.6. The molecule has 0 aromatic heterocycles. The van der Waals surface area contributed by atoms with Gasteiger partial charge in [0.05, 0.1) is 19.8 Å². The highest BCUT2D eigenvalue weighted by molar-refractivity contribution is 5.89. The quantitative estimate of drug-likeness (QED) is 0.468. The molecule has 0 bridgehead atoms. The third kappa shape index (κ3) is 8.65. The predicted molar refractivity (Wildman–Crippen MR) is 96.0 cm³/mol. The molecule has 24 heavy (non-hydrogen) atoms. The van der Waals surface area contributed by atoms with Crippen LogP contribution in [-0.4, -0.2) is 30.7 Å². The minimum Gasteiger partial charge on any atom is -0.497 e. The zero-order chi connectivity index (χ0) is 17.8. The summed E-state index contributed by atoms with van der Waals surface area (Å²) < 4.78 is 10.8. The number of aliphatic hydroxyl groups excluding tert-OH is 1. The van der Waals surface area contributed by atoms with Crippen LogP contribution >= 0.6 is 0 Å². The summed E-state index contributed by atoms with van der Waals surface area (Å²) in [5, 5.41) is 9.53. The Morgan fingerprint density at radius 2 is 2.00 bits per heavy atom. The van der Waals surface area contributed by atoms with Crippen molar-refractivity contribution in [3.05, 3.63) is 54.6 Å². The van der Waals surface area contributed by atoms with E-state index in [1.807, 2.05) is 30.3 Å². The molecule has 0 radical (unpaired) electrons. The molecule has 4 heteroatoms. The van der Waals surface area contributed by atoms with E-state index in [4.69, 9.17) is 9.47 Å². The Labute approximate surface area is 144 Å². The van der Waals surface area contributed by atoms with Gasteiger partial charge in [0.15, 0.2) is 5.78 Å². The van der Waals surface area contributed by atoms with Gasteiger partial charge in [-0.15, -0.1) is 6.58 Å². The van der Waals surface area contributed by atoms with Crippen molar-refractivity contribution < 1.29 is 19.4 Å². The SMILES string of the molecule is C=CC[C@H](O)CC(=O)/C=C/C[C@@H](C)COCc1ccc(OC)cc1. The van der Waals surface area contributed by atoms with Crippen LogP contribution in [0.25, 0.3) is 0 Å². The maximum absolute atomic E-state index is 11.6. The molecule has 0 saturated heterocycles. The molecule has 0 saturated carbocycles. The van der Waals surface area contributed by atoms with Crippen LogP contribution in [0.4, 0.5) is 0 Å². The molecule has 4 nitrogen and oxygen atoms in total. The van der Waals surface area contributed by atoms with Gasteiger partial charge in [0.2, 0.25) is 0 Å². The molecule has 1 N–H and O–H groups in total. The number of benzene rings is 1. The van der Waals surface area contributed by atoms with Crippen molar-refractivity contribution in [1.82, 2.24) is 0 Å². The van der Waals surface area contributed by atoms with Crippen molar-refractivity contribution in [3.63, 3.8) is 0 Å². The van der Waals surface area contributed by atoms with Crippen LogP contribution in [0.5, 0.6) is 5.75 Å². The first-order valence-electron chi connectivity index (χ1n) is 8.24. The van der Waals surface area contributed by atoms with Crippen molar-refractivity contribution in [2.24, 2.45) is 5.92 Å². The minimum absolute atomic E-state index is 0.0595. The van der Waals surface area contributed by atoms with Crippen LogP contribution in [0.15, 0.2) is 49.1 Å². The lowest BCUT2D eigenvalue weighted by molar-refractivity contribution is -0.116. The fraction of sp³-hybridized carbons (Fsp3) is 0.450. The molecule has 132 valence electrons. The molecule has 1 aromatic carbocycles. The Kier molecular flexibility index (Phi) is 9.73. The van der Waals surface area contributed by atoms with Gasteiger partial charge in [0.25, 0.3) is 0 Å². The third-order valence-corrected chi connectivity index (χ3v) is 3.55. The van der Waals surface area contributed by atoms with Gasteiger partial charge in [-0.3, -0.25) is 4.79 Å². The summed E-state index contributed by atoms with van der Waals surface area (Å²) in [5.41, 5.74) is 1.10. The molecular weight excluding hydrogens is 304 g/mol. The number of carbonyl (C=O) groups is 1. The maximum Gasteiger partial charge on any atom is 0.157 e. The molecule has 0 unspecified atom stereocenters. The van der Waals surface area contributed by atoms with E-state index in [2.05, 4.69) is 13.5 Å².